The number of nitrogens with one attached hydrogen (secondary N) is 1. The SMILES string of the molecule is CC1CCC2Oc3ccccc3NC2C1. The number of para-hydroxylation sites is 2. The predicted molar refractivity (Wildman–Crippen MR) is 61.3 cm³/mol. The van der Waals surface area contributed by atoms with E-state index in [1.54, 1.807) is 0 Å². The lowest BCUT2D eigenvalue weighted by atomic mass is 9.84. The minimum atomic E-state index is 0.385. The minimum absolute atomic E-state index is 0.385. The molecule has 3 unspecified atom stereocenters. The molecule has 0 amide bonds. The maximum atomic E-state index is 6.02. The molecule has 2 heteroatoms. The Bertz CT molecular complexity index is 363. The van der Waals surface area contributed by atoms with Crippen LogP contribution in [0.1, 0.15) is 26.2 Å². The van der Waals surface area contributed by atoms with E-state index in [0.29, 0.717) is 12.1 Å². The topological polar surface area (TPSA) is 21.3 Å². The van der Waals surface area contributed by atoms with Crippen LogP contribution in [0.2, 0.25) is 0 Å². The third-order valence-electron chi connectivity index (χ3n) is 3.56. The first-order valence-corrected chi connectivity index (χ1v) is 5.85. The van der Waals surface area contributed by atoms with Gasteiger partial charge in [-0.1, -0.05) is 19.1 Å². The summed E-state index contributed by atoms with van der Waals surface area (Å²) in [6.45, 7) is 2.33. The van der Waals surface area contributed by atoms with Crippen LogP contribution >= 0.6 is 0 Å². The molecule has 0 spiro atoms. The lowest BCUT2D eigenvalue weighted by molar-refractivity contribution is 0.112. The van der Waals surface area contributed by atoms with Crippen molar-refractivity contribution < 1.29 is 4.74 Å². The summed E-state index contributed by atoms with van der Waals surface area (Å²) in [5.41, 5.74) is 1.16. The molecule has 1 aromatic carbocycles. The van der Waals surface area contributed by atoms with E-state index in [4.69, 9.17) is 4.74 Å². The molecule has 1 aromatic rings. The van der Waals surface area contributed by atoms with Crippen LogP contribution in [0.5, 0.6) is 5.75 Å². The van der Waals surface area contributed by atoms with Gasteiger partial charge in [0.05, 0.1) is 11.7 Å². The summed E-state index contributed by atoms with van der Waals surface area (Å²) in [6.07, 6.45) is 4.10. The Hall–Kier alpha value is -1.18. The highest BCUT2D eigenvalue weighted by atomic mass is 16.5. The molecule has 1 fully saturated rings. The highest BCUT2D eigenvalue weighted by Gasteiger charge is 2.33. The molecule has 2 aliphatic rings. The molecule has 2 nitrogen and oxygen atoms in total. The number of ether oxygens (including phenoxy) is 1. The Morgan fingerprint density at radius 1 is 1.27 bits per heavy atom. The Balaban J connectivity index is 1.87. The normalized spacial score (nSPS) is 33.3. The summed E-state index contributed by atoms with van der Waals surface area (Å²) in [7, 11) is 0. The van der Waals surface area contributed by atoms with Gasteiger partial charge < -0.3 is 10.1 Å². The van der Waals surface area contributed by atoms with E-state index in [-0.39, 0.29) is 0 Å². The summed E-state index contributed by atoms with van der Waals surface area (Å²) in [5, 5.41) is 3.60. The largest absolute Gasteiger partial charge is 0.486 e. The van der Waals surface area contributed by atoms with Gasteiger partial charge in [0, 0.05) is 0 Å². The van der Waals surface area contributed by atoms with Crippen LogP contribution in [-0.4, -0.2) is 12.1 Å². The summed E-state index contributed by atoms with van der Waals surface area (Å²) in [6, 6.07) is 8.76. The second kappa shape index (κ2) is 3.44. The van der Waals surface area contributed by atoms with Crippen molar-refractivity contribution in [3.8, 4) is 5.75 Å². The summed E-state index contributed by atoms with van der Waals surface area (Å²) in [5.74, 6) is 1.85. The standard InChI is InChI=1S/C13H17NO/c1-9-6-7-13-11(8-9)14-10-4-2-3-5-12(10)15-13/h2-5,9,11,13-14H,6-8H2,1H3. The Labute approximate surface area is 90.6 Å². The second-order valence-corrected chi connectivity index (χ2v) is 4.82. The van der Waals surface area contributed by atoms with Crippen LogP contribution in [0.4, 0.5) is 5.69 Å². The van der Waals surface area contributed by atoms with Crippen LogP contribution < -0.4 is 10.1 Å². The van der Waals surface area contributed by atoms with Gasteiger partial charge in [-0.2, -0.15) is 0 Å². The fraction of sp³-hybridized carbons (Fsp3) is 0.538. The van der Waals surface area contributed by atoms with Crippen LogP contribution in [0.25, 0.3) is 0 Å². The van der Waals surface area contributed by atoms with Gasteiger partial charge in [-0.3, -0.25) is 0 Å². The van der Waals surface area contributed by atoms with Crippen LogP contribution in [0, 0.1) is 5.92 Å². The second-order valence-electron chi connectivity index (χ2n) is 4.82. The first kappa shape index (κ1) is 9.08. The van der Waals surface area contributed by atoms with Gasteiger partial charge in [-0.25, -0.2) is 0 Å². The van der Waals surface area contributed by atoms with Crippen molar-refractivity contribution in [1.29, 1.82) is 0 Å². The number of rotatable bonds is 0. The molecule has 3 rings (SSSR count). The van der Waals surface area contributed by atoms with Crippen LogP contribution in [0.3, 0.4) is 0 Å². The Morgan fingerprint density at radius 2 is 2.13 bits per heavy atom. The Kier molecular flexibility index (Phi) is 2.08. The van der Waals surface area contributed by atoms with E-state index >= 15 is 0 Å². The molecular weight excluding hydrogens is 186 g/mol. The zero-order chi connectivity index (χ0) is 10.3. The molecular formula is C13H17NO. The van der Waals surface area contributed by atoms with Crippen LogP contribution in [0.15, 0.2) is 24.3 Å². The van der Waals surface area contributed by atoms with Crippen molar-refractivity contribution in [3.63, 3.8) is 0 Å². The van der Waals surface area contributed by atoms with E-state index in [1.807, 2.05) is 6.07 Å². The van der Waals surface area contributed by atoms with E-state index in [0.717, 1.165) is 17.4 Å². The fourth-order valence-electron chi connectivity index (χ4n) is 2.70. The zero-order valence-corrected chi connectivity index (χ0v) is 9.07. The van der Waals surface area contributed by atoms with E-state index in [9.17, 15) is 0 Å². The first-order valence-electron chi connectivity index (χ1n) is 5.85. The third-order valence-corrected chi connectivity index (χ3v) is 3.56. The number of anilines is 1. The van der Waals surface area contributed by atoms with Crippen molar-refractivity contribution in [2.24, 2.45) is 5.92 Å². The molecule has 0 aromatic heterocycles. The van der Waals surface area contributed by atoms with E-state index in [1.165, 1.54) is 19.3 Å². The van der Waals surface area contributed by atoms with Gasteiger partial charge in [-0.05, 0) is 37.3 Å². The molecule has 1 heterocycles. The maximum absolute atomic E-state index is 6.02. The number of benzene rings is 1. The van der Waals surface area contributed by atoms with Gasteiger partial charge >= 0.3 is 0 Å². The molecule has 1 N–H and O–H groups in total. The van der Waals surface area contributed by atoms with Crippen molar-refractivity contribution in [2.75, 3.05) is 5.32 Å². The molecule has 15 heavy (non-hydrogen) atoms. The smallest absolute Gasteiger partial charge is 0.142 e. The highest BCUT2D eigenvalue weighted by molar-refractivity contribution is 5.58. The quantitative estimate of drug-likeness (QED) is 0.699. The van der Waals surface area contributed by atoms with Crippen LogP contribution in [-0.2, 0) is 0 Å². The summed E-state index contributed by atoms with van der Waals surface area (Å²) >= 11 is 0. The number of fused-ring (bicyclic) bond motifs is 2. The van der Waals surface area contributed by atoms with Gasteiger partial charge in [-0.15, -0.1) is 0 Å². The number of hydrogen-bond acceptors (Lipinski definition) is 2. The molecule has 0 bridgehead atoms. The first-order chi connectivity index (χ1) is 7.33. The maximum Gasteiger partial charge on any atom is 0.142 e. The zero-order valence-electron chi connectivity index (χ0n) is 9.07. The average molecular weight is 203 g/mol. The number of hydrogen-bond donors (Lipinski definition) is 1. The fourth-order valence-corrected chi connectivity index (χ4v) is 2.70. The van der Waals surface area contributed by atoms with Crippen molar-refractivity contribution in [1.82, 2.24) is 0 Å². The van der Waals surface area contributed by atoms with Crippen molar-refractivity contribution >= 4 is 5.69 Å². The summed E-state index contributed by atoms with van der Waals surface area (Å²) < 4.78 is 6.02. The van der Waals surface area contributed by atoms with E-state index < -0.39 is 0 Å². The third kappa shape index (κ3) is 1.58. The van der Waals surface area contributed by atoms with Crippen molar-refractivity contribution in [2.45, 2.75) is 38.3 Å². The average Bonchev–Trinajstić information content (AvgIpc) is 2.26. The predicted octanol–water partition coefficient (Wildman–Crippen LogP) is 3.05. The highest BCUT2D eigenvalue weighted by Crippen LogP contribution is 2.37. The van der Waals surface area contributed by atoms with Crippen molar-refractivity contribution in [3.05, 3.63) is 24.3 Å². The molecule has 1 aliphatic carbocycles. The van der Waals surface area contributed by atoms with E-state index in [2.05, 4.69) is 30.4 Å². The lowest BCUT2D eigenvalue weighted by Crippen LogP contribution is -2.45. The summed E-state index contributed by atoms with van der Waals surface area (Å²) in [4.78, 5) is 0. The van der Waals surface area contributed by atoms with Gasteiger partial charge in [0.25, 0.3) is 0 Å². The van der Waals surface area contributed by atoms with Gasteiger partial charge in [0.2, 0.25) is 0 Å². The monoisotopic (exact) mass is 203 g/mol. The molecule has 3 atom stereocenters. The molecule has 80 valence electrons. The molecule has 1 saturated carbocycles. The van der Waals surface area contributed by atoms with Gasteiger partial charge in [0.1, 0.15) is 11.9 Å². The Morgan fingerprint density at radius 3 is 3.07 bits per heavy atom. The molecule has 1 aliphatic heterocycles. The molecule has 0 saturated heterocycles. The minimum Gasteiger partial charge on any atom is -0.486 e. The molecule has 0 radical (unpaired) electrons. The lowest BCUT2D eigenvalue weighted by Gasteiger charge is -2.40. The van der Waals surface area contributed by atoms with Gasteiger partial charge in [0.15, 0.2) is 0 Å².